The third-order valence-electron chi connectivity index (χ3n) is 3.31. The smallest absolute Gasteiger partial charge is 0.293 e. The van der Waals surface area contributed by atoms with Gasteiger partial charge in [0, 0.05) is 36.9 Å². The number of carbonyl (C=O) groups is 2. The summed E-state index contributed by atoms with van der Waals surface area (Å²) in [6, 6.07) is 9.61. The van der Waals surface area contributed by atoms with E-state index in [0.717, 1.165) is 6.07 Å². The fraction of sp³-hybridized carbons (Fsp3) is 0.125. The number of nitro groups is 1. The van der Waals surface area contributed by atoms with E-state index in [1.807, 2.05) is 0 Å². The van der Waals surface area contributed by atoms with Gasteiger partial charge in [-0.3, -0.25) is 14.9 Å². The maximum atomic E-state index is 12.5. The summed E-state index contributed by atoms with van der Waals surface area (Å²) in [6.07, 6.45) is 0. The maximum Gasteiger partial charge on any atom is 0.293 e. The zero-order valence-corrected chi connectivity index (χ0v) is 12.5. The Hall–Kier alpha value is -3.22. The SMILES string of the molecule is CN(C)c1ccc(C(=O)c2ccccc2C(=O)[O-])cc1[N+](=O)[O-]. The van der Waals surface area contributed by atoms with Crippen molar-refractivity contribution in [1.82, 2.24) is 0 Å². The van der Waals surface area contributed by atoms with Gasteiger partial charge < -0.3 is 14.8 Å². The summed E-state index contributed by atoms with van der Waals surface area (Å²) in [5, 5.41) is 22.3. The molecular weight excluding hydrogens is 300 g/mol. The van der Waals surface area contributed by atoms with Gasteiger partial charge in [0.15, 0.2) is 5.78 Å². The van der Waals surface area contributed by atoms with Gasteiger partial charge in [-0.25, -0.2) is 0 Å². The van der Waals surface area contributed by atoms with Crippen molar-refractivity contribution in [2.75, 3.05) is 19.0 Å². The second-order valence-corrected chi connectivity index (χ2v) is 5.02. The second-order valence-electron chi connectivity index (χ2n) is 5.02. The van der Waals surface area contributed by atoms with E-state index in [-0.39, 0.29) is 22.4 Å². The number of benzene rings is 2. The predicted octanol–water partition coefficient (Wildman–Crippen LogP) is 1.26. The summed E-state index contributed by atoms with van der Waals surface area (Å²) in [7, 11) is 3.30. The van der Waals surface area contributed by atoms with E-state index in [1.165, 1.54) is 36.4 Å². The van der Waals surface area contributed by atoms with Crippen LogP contribution in [0, 0.1) is 10.1 Å². The molecule has 0 saturated heterocycles. The Morgan fingerprint density at radius 3 is 2.17 bits per heavy atom. The molecule has 0 unspecified atom stereocenters. The lowest BCUT2D eigenvalue weighted by atomic mass is 9.97. The molecule has 7 nitrogen and oxygen atoms in total. The second kappa shape index (κ2) is 6.27. The lowest BCUT2D eigenvalue weighted by Gasteiger charge is -2.14. The first-order valence-electron chi connectivity index (χ1n) is 6.63. The number of nitrogens with zero attached hydrogens (tertiary/aromatic N) is 2. The van der Waals surface area contributed by atoms with Gasteiger partial charge in [0.05, 0.1) is 10.9 Å². The summed E-state index contributed by atoms with van der Waals surface area (Å²) in [6.45, 7) is 0. The molecule has 2 rings (SSSR count). The number of hydrogen-bond acceptors (Lipinski definition) is 6. The Kier molecular flexibility index (Phi) is 4.40. The van der Waals surface area contributed by atoms with Crippen LogP contribution in [-0.4, -0.2) is 30.8 Å². The van der Waals surface area contributed by atoms with Crippen LogP contribution in [0.25, 0.3) is 0 Å². The molecule has 0 N–H and O–H groups in total. The Morgan fingerprint density at radius 2 is 1.65 bits per heavy atom. The summed E-state index contributed by atoms with van der Waals surface area (Å²) in [5.41, 5.74) is -0.168. The van der Waals surface area contributed by atoms with Gasteiger partial charge in [-0.2, -0.15) is 0 Å². The van der Waals surface area contributed by atoms with Gasteiger partial charge >= 0.3 is 0 Å². The van der Waals surface area contributed by atoms with E-state index in [0.29, 0.717) is 5.69 Å². The third-order valence-corrected chi connectivity index (χ3v) is 3.31. The third kappa shape index (κ3) is 3.18. The molecule has 7 heteroatoms. The van der Waals surface area contributed by atoms with Crippen LogP contribution < -0.4 is 10.0 Å². The van der Waals surface area contributed by atoms with Crippen molar-refractivity contribution >= 4 is 23.1 Å². The summed E-state index contributed by atoms with van der Waals surface area (Å²) in [4.78, 5) is 35.7. The first-order chi connectivity index (χ1) is 10.8. The first-order valence-corrected chi connectivity index (χ1v) is 6.63. The van der Waals surface area contributed by atoms with Crippen molar-refractivity contribution in [2.45, 2.75) is 0 Å². The van der Waals surface area contributed by atoms with E-state index in [1.54, 1.807) is 19.0 Å². The molecule has 0 aliphatic carbocycles. The first kappa shape index (κ1) is 16.2. The lowest BCUT2D eigenvalue weighted by Crippen LogP contribution is -2.25. The number of hydrogen-bond donors (Lipinski definition) is 0. The van der Waals surface area contributed by atoms with Crippen LogP contribution in [0.5, 0.6) is 0 Å². The quantitative estimate of drug-likeness (QED) is 0.467. The van der Waals surface area contributed by atoms with Crippen LogP contribution in [0.15, 0.2) is 42.5 Å². The molecule has 0 heterocycles. The summed E-state index contributed by atoms with van der Waals surface area (Å²) in [5.74, 6) is -2.09. The molecule has 0 spiro atoms. The molecule has 0 aliphatic rings. The minimum atomic E-state index is -1.48. The van der Waals surface area contributed by atoms with Crippen molar-refractivity contribution < 1.29 is 19.6 Å². The Labute approximate surface area is 131 Å². The molecule has 0 aliphatic heterocycles. The molecule has 0 saturated carbocycles. The Morgan fingerprint density at radius 1 is 1.04 bits per heavy atom. The van der Waals surface area contributed by atoms with Crippen molar-refractivity contribution in [1.29, 1.82) is 0 Å². The molecule has 2 aromatic rings. The van der Waals surface area contributed by atoms with E-state index < -0.39 is 16.7 Å². The van der Waals surface area contributed by atoms with Gasteiger partial charge in [0.2, 0.25) is 0 Å². The van der Waals surface area contributed by atoms with E-state index in [9.17, 15) is 24.8 Å². The molecule has 0 atom stereocenters. The number of aromatic carboxylic acids is 1. The highest BCUT2D eigenvalue weighted by Gasteiger charge is 2.21. The Bertz CT molecular complexity index is 799. The predicted molar refractivity (Wildman–Crippen MR) is 81.6 cm³/mol. The van der Waals surface area contributed by atoms with Crippen LogP contribution in [0.2, 0.25) is 0 Å². The minimum Gasteiger partial charge on any atom is -0.545 e. The molecule has 0 fully saturated rings. The number of ketones is 1. The summed E-state index contributed by atoms with van der Waals surface area (Å²) >= 11 is 0. The normalized spacial score (nSPS) is 10.2. The van der Waals surface area contributed by atoms with Crippen LogP contribution in [0.4, 0.5) is 11.4 Å². The van der Waals surface area contributed by atoms with Crippen molar-refractivity contribution in [3.8, 4) is 0 Å². The minimum absolute atomic E-state index is 0.0380. The molecule has 23 heavy (non-hydrogen) atoms. The van der Waals surface area contributed by atoms with Crippen molar-refractivity contribution in [2.24, 2.45) is 0 Å². The number of anilines is 1. The number of carbonyl (C=O) groups excluding carboxylic acids is 2. The highest BCUT2D eigenvalue weighted by molar-refractivity contribution is 6.14. The van der Waals surface area contributed by atoms with Crippen molar-refractivity contribution in [3.05, 3.63) is 69.3 Å². The fourth-order valence-corrected chi connectivity index (χ4v) is 2.20. The average Bonchev–Trinajstić information content (AvgIpc) is 2.53. The summed E-state index contributed by atoms with van der Waals surface area (Å²) < 4.78 is 0. The van der Waals surface area contributed by atoms with Crippen molar-refractivity contribution in [3.63, 3.8) is 0 Å². The van der Waals surface area contributed by atoms with E-state index in [2.05, 4.69) is 0 Å². The topological polar surface area (TPSA) is 104 Å². The fourth-order valence-electron chi connectivity index (χ4n) is 2.20. The zero-order chi connectivity index (χ0) is 17.1. The number of nitro benzene ring substituents is 1. The Balaban J connectivity index is 2.55. The maximum absolute atomic E-state index is 12.5. The van der Waals surface area contributed by atoms with E-state index in [4.69, 9.17) is 0 Å². The highest BCUT2D eigenvalue weighted by atomic mass is 16.6. The van der Waals surface area contributed by atoms with Crippen LogP contribution in [0.3, 0.4) is 0 Å². The van der Waals surface area contributed by atoms with Crippen LogP contribution in [-0.2, 0) is 0 Å². The standard InChI is InChI=1S/C16H14N2O5/c1-17(2)13-8-7-10(9-14(13)18(22)23)15(19)11-5-3-4-6-12(11)16(20)21/h3-9H,1-2H3,(H,20,21)/p-1. The molecule has 0 amide bonds. The van der Waals surface area contributed by atoms with Crippen LogP contribution in [0.1, 0.15) is 26.3 Å². The number of rotatable bonds is 5. The van der Waals surface area contributed by atoms with Gasteiger partial charge in [-0.15, -0.1) is 0 Å². The molecule has 0 radical (unpaired) electrons. The molecule has 2 aromatic carbocycles. The number of carboxylic acid groups (broad SMARTS) is 1. The zero-order valence-electron chi connectivity index (χ0n) is 12.5. The monoisotopic (exact) mass is 313 g/mol. The highest BCUT2D eigenvalue weighted by Crippen LogP contribution is 2.29. The van der Waals surface area contributed by atoms with Gasteiger partial charge in [-0.05, 0) is 12.1 Å². The van der Waals surface area contributed by atoms with E-state index >= 15 is 0 Å². The van der Waals surface area contributed by atoms with Gasteiger partial charge in [0.1, 0.15) is 5.69 Å². The molecule has 118 valence electrons. The largest absolute Gasteiger partial charge is 0.545 e. The molecule has 0 aromatic heterocycles. The van der Waals surface area contributed by atoms with Crippen LogP contribution >= 0.6 is 0 Å². The van der Waals surface area contributed by atoms with Gasteiger partial charge in [0.25, 0.3) is 5.69 Å². The van der Waals surface area contributed by atoms with Gasteiger partial charge in [-0.1, -0.05) is 24.3 Å². The number of carboxylic acids is 1. The molecule has 0 bridgehead atoms. The average molecular weight is 313 g/mol. The molecular formula is C16H13N2O5-. The lowest BCUT2D eigenvalue weighted by molar-refractivity contribution is -0.384.